The number of carbonyl (C=O) groups is 3. The number of benzene rings is 1. The predicted octanol–water partition coefficient (Wildman–Crippen LogP) is 2.72. The second-order valence-electron chi connectivity index (χ2n) is 8.85. The number of nitrogens with zero attached hydrogens (tertiary/aromatic N) is 3. The van der Waals surface area contributed by atoms with Crippen molar-refractivity contribution in [2.75, 3.05) is 6.61 Å². The third-order valence-electron chi connectivity index (χ3n) is 6.83. The Labute approximate surface area is 203 Å². The fourth-order valence-electron chi connectivity index (χ4n) is 5.24. The molecule has 5 heterocycles. The molecule has 1 amide bonds. The summed E-state index contributed by atoms with van der Waals surface area (Å²) in [4.78, 5) is 45.6. The van der Waals surface area contributed by atoms with Crippen LogP contribution in [0.5, 0.6) is 0 Å². The molecule has 178 valence electrons. The topological polar surface area (TPSA) is 110 Å². The maximum atomic E-state index is 13.3. The van der Waals surface area contributed by atoms with E-state index in [4.69, 9.17) is 9.47 Å². The number of β-lactam (4-membered cyclic amide) rings is 1. The van der Waals surface area contributed by atoms with Crippen LogP contribution in [0.3, 0.4) is 0 Å². The summed E-state index contributed by atoms with van der Waals surface area (Å²) in [6.45, 7) is 3.42. The number of cyclic esters (lactones) is 1. The van der Waals surface area contributed by atoms with E-state index >= 15 is 0 Å². The Morgan fingerprint density at radius 1 is 1.31 bits per heavy atom. The Morgan fingerprint density at radius 2 is 2.09 bits per heavy atom. The summed E-state index contributed by atoms with van der Waals surface area (Å²) >= 11 is 1.47. The number of hydrogen-bond donors (Lipinski definition) is 1. The average Bonchev–Trinajstić information content (AvgIpc) is 3.55. The number of aliphatic hydroxyl groups is 1. The molecule has 1 N–H and O–H groups in total. The van der Waals surface area contributed by atoms with Gasteiger partial charge < -0.3 is 19.5 Å². The molecule has 4 atom stereocenters. The fourth-order valence-corrected chi connectivity index (χ4v) is 6.34. The number of hydrogen-bond acceptors (Lipinski definition) is 8. The molecule has 3 aromatic rings. The summed E-state index contributed by atoms with van der Waals surface area (Å²) in [6, 6.07) is 6.67. The minimum absolute atomic E-state index is 0.135. The van der Waals surface area contributed by atoms with Gasteiger partial charge in [0.25, 0.3) is 0 Å². The van der Waals surface area contributed by atoms with Crippen LogP contribution in [0.25, 0.3) is 16.2 Å². The quantitative estimate of drug-likeness (QED) is 0.432. The highest BCUT2D eigenvalue weighted by molar-refractivity contribution is 7.18. The molecular formula is C25H21N3O6S. The van der Waals surface area contributed by atoms with E-state index in [2.05, 4.69) is 4.98 Å². The van der Waals surface area contributed by atoms with Gasteiger partial charge in [-0.15, -0.1) is 11.3 Å². The van der Waals surface area contributed by atoms with Crippen LogP contribution in [0.2, 0.25) is 0 Å². The molecule has 9 nitrogen and oxygen atoms in total. The van der Waals surface area contributed by atoms with E-state index in [0.717, 1.165) is 15.3 Å². The molecule has 1 aromatic carbocycles. The number of ether oxygens (including phenoxy) is 2. The van der Waals surface area contributed by atoms with Gasteiger partial charge in [0.15, 0.2) is 0 Å². The van der Waals surface area contributed by atoms with Crippen LogP contribution < -0.4 is 0 Å². The highest BCUT2D eigenvalue weighted by Crippen LogP contribution is 2.51. The van der Waals surface area contributed by atoms with Gasteiger partial charge in [0, 0.05) is 23.3 Å². The molecule has 0 saturated carbocycles. The molecule has 1 saturated heterocycles. The molecule has 0 unspecified atom stereocenters. The van der Waals surface area contributed by atoms with Crippen LogP contribution in [0, 0.1) is 11.8 Å². The van der Waals surface area contributed by atoms with Gasteiger partial charge in [-0.05, 0) is 19.1 Å². The minimum Gasteiger partial charge on any atom is -0.457 e. The van der Waals surface area contributed by atoms with Gasteiger partial charge >= 0.3 is 11.9 Å². The van der Waals surface area contributed by atoms with Gasteiger partial charge in [-0.2, -0.15) is 0 Å². The lowest BCUT2D eigenvalue weighted by atomic mass is 9.77. The number of thiazole rings is 1. The van der Waals surface area contributed by atoms with Crippen LogP contribution >= 0.6 is 11.3 Å². The lowest BCUT2D eigenvalue weighted by Gasteiger charge is -2.46. The Bertz CT molecular complexity index is 1440. The molecule has 2 aromatic heterocycles. The van der Waals surface area contributed by atoms with Crippen molar-refractivity contribution in [3.05, 3.63) is 70.8 Å². The Hall–Kier alpha value is -3.76. The van der Waals surface area contributed by atoms with Gasteiger partial charge in [-0.1, -0.05) is 25.1 Å². The van der Waals surface area contributed by atoms with E-state index in [1.807, 2.05) is 17.5 Å². The van der Waals surface area contributed by atoms with Gasteiger partial charge in [-0.25, -0.2) is 14.6 Å². The highest BCUT2D eigenvalue weighted by atomic mass is 32.1. The Balaban J connectivity index is 1.32. The molecule has 0 spiro atoms. The van der Waals surface area contributed by atoms with Crippen molar-refractivity contribution in [3.8, 4) is 0 Å². The standard InChI is InChI=1S/C25H21N3O6S/c1-12-19(17-10-27-11-26-9-18(27)35-17)22(28-21(12)20(13(2)29)23(28)30)25(32)33-8-7-16-14-5-3-4-6-15(14)24(31)34-16/h3-7,9-13,20-21,29H,8H2,1-2H3/b16-7-/t12-,13+,20+,21+/m0/s1. The van der Waals surface area contributed by atoms with E-state index < -0.39 is 24.0 Å². The number of rotatable bonds is 5. The van der Waals surface area contributed by atoms with Crippen molar-refractivity contribution >= 4 is 45.3 Å². The van der Waals surface area contributed by atoms with E-state index in [1.165, 1.54) is 22.3 Å². The average molecular weight is 492 g/mol. The first-order valence-corrected chi connectivity index (χ1v) is 12.0. The Kier molecular flexibility index (Phi) is 4.90. The molecular weight excluding hydrogens is 470 g/mol. The SMILES string of the molecule is C[C@@H](O)[C@H]1C(=O)N2C(C(=O)OC/C=C3\OC(=O)c4ccccc43)=C(c3cn4cncc4s3)[C@H](C)[C@H]12. The second kappa shape index (κ2) is 7.89. The summed E-state index contributed by atoms with van der Waals surface area (Å²) in [5.41, 5.74) is 2.02. The molecule has 0 radical (unpaired) electrons. The lowest BCUT2D eigenvalue weighted by Crippen LogP contribution is -2.63. The first-order valence-electron chi connectivity index (χ1n) is 11.2. The maximum Gasteiger partial charge on any atom is 0.355 e. The smallest absolute Gasteiger partial charge is 0.355 e. The molecule has 0 bridgehead atoms. The van der Waals surface area contributed by atoms with Crippen LogP contribution in [-0.2, 0) is 19.1 Å². The number of amides is 1. The second-order valence-corrected chi connectivity index (χ2v) is 9.91. The maximum absolute atomic E-state index is 13.3. The van der Waals surface area contributed by atoms with E-state index in [1.54, 1.807) is 43.7 Å². The summed E-state index contributed by atoms with van der Waals surface area (Å²) in [5.74, 6) is -1.80. The monoisotopic (exact) mass is 491 g/mol. The highest BCUT2D eigenvalue weighted by Gasteiger charge is 2.60. The molecule has 0 aliphatic carbocycles. The predicted molar refractivity (Wildman–Crippen MR) is 126 cm³/mol. The van der Waals surface area contributed by atoms with Crippen LogP contribution in [-0.4, -0.2) is 56.0 Å². The zero-order chi connectivity index (χ0) is 24.4. The molecule has 6 rings (SSSR count). The number of aliphatic hydroxyl groups excluding tert-OH is 1. The van der Waals surface area contributed by atoms with Crippen molar-refractivity contribution < 1.29 is 29.0 Å². The normalized spacial score (nSPS) is 25.1. The summed E-state index contributed by atoms with van der Waals surface area (Å²) in [7, 11) is 0. The largest absolute Gasteiger partial charge is 0.457 e. The number of aromatic nitrogens is 2. The van der Waals surface area contributed by atoms with Crippen LogP contribution in [0.4, 0.5) is 0 Å². The van der Waals surface area contributed by atoms with E-state index in [-0.39, 0.29) is 30.2 Å². The van der Waals surface area contributed by atoms with E-state index in [9.17, 15) is 19.5 Å². The Morgan fingerprint density at radius 3 is 2.83 bits per heavy atom. The van der Waals surface area contributed by atoms with Crippen LogP contribution in [0.15, 0.2) is 54.8 Å². The number of esters is 2. The van der Waals surface area contributed by atoms with Crippen molar-refractivity contribution in [3.63, 3.8) is 0 Å². The minimum atomic E-state index is -0.826. The fraction of sp³-hybridized carbons (Fsp3) is 0.280. The van der Waals surface area contributed by atoms with Crippen molar-refractivity contribution in [2.24, 2.45) is 11.8 Å². The first-order chi connectivity index (χ1) is 16.9. The zero-order valence-electron chi connectivity index (χ0n) is 18.9. The van der Waals surface area contributed by atoms with Gasteiger partial charge in [0.1, 0.15) is 22.9 Å². The van der Waals surface area contributed by atoms with Gasteiger partial charge in [0.05, 0.1) is 41.0 Å². The number of carbonyl (C=O) groups excluding carboxylic acids is 3. The van der Waals surface area contributed by atoms with Gasteiger partial charge in [-0.3, -0.25) is 9.20 Å². The molecule has 1 fully saturated rings. The molecule has 3 aliphatic rings. The van der Waals surface area contributed by atoms with E-state index in [0.29, 0.717) is 16.9 Å². The molecule has 35 heavy (non-hydrogen) atoms. The molecule has 3 aliphatic heterocycles. The number of imidazole rings is 1. The zero-order valence-corrected chi connectivity index (χ0v) is 19.7. The lowest BCUT2D eigenvalue weighted by molar-refractivity contribution is -0.164. The van der Waals surface area contributed by atoms with Gasteiger partial charge in [0.2, 0.25) is 5.91 Å². The molecule has 10 heteroatoms. The van der Waals surface area contributed by atoms with Crippen molar-refractivity contribution in [1.82, 2.24) is 14.3 Å². The third kappa shape index (κ3) is 3.17. The summed E-state index contributed by atoms with van der Waals surface area (Å²) in [5, 5.41) is 10.2. The van der Waals surface area contributed by atoms with Crippen molar-refractivity contribution in [1.29, 1.82) is 0 Å². The van der Waals surface area contributed by atoms with Crippen molar-refractivity contribution in [2.45, 2.75) is 26.0 Å². The number of fused-ring (bicyclic) bond motifs is 3. The first kappa shape index (κ1) is 21.8. The van der Waals surface area contributed by atoms with Crippen LogP contribution in [0.1, 0.15) is 34.6 Å². The third-order valence-corrected chi connectivity index (χ3v) is 7.90. The summed E-state index contributed by atoms with van der Waals surface area (Å²) in [6.07, 6.45) is 6.01. The summed E-state index contributed by atoms with van der Waals surface area (Å²) < 4.78 is 12.7.